The number of urea groups is 1. The van der Waals surface area contributed by atoms with Crippen LogP contribution in [0.1, 0.15) is 43.3 Å². The molecule has 6 heteroatoms. The number of aromatic nitrogens is 2. The lowest BCUT2D eigenvalue weighted by molar-refractivity contribution is 0.0529. The SMILES string of the molecule is CC(NC(=O)N1CCCC(C(O)c2nccn2C)C1)c1ccccc1. The van der Waals surface area contributed by atoms with Crippen LogP contribution >= 0.6 is 0 Å². The van der Waals surface area contributed by atoms with E-state index in [9.17, 15) is 9.90 Å². The molecule has 0 aliphatic carbocycles. The van der Waals surface area contributed by atoms with Crippen LogP contribution in [0.25, 0.3) is 0 Å². The van der Waals surface area contributed by atoms with Gasteiger partial charge in [0, 0.05) is 38.4 Å². The number of hydrogen-bond donors (Lipinski definition) is 2. The van der Waals surface area contributed by atoms with Gasteiger partial charge in [-0.3, -0.25) is 0 Å². The van der Waals surface area contributed by atoms with Crippen molar-refractivity contribution in [2.24, 2.45) is 13.0 Å². The fraction of sp³-hybridized carbons (Fsp3) is 0.474. The number of carbonyl (C=O) groups is 1. The van der Waals surface area contributed by atoms with Crippen molar-refractivity contribution >= 4 is 6.03 Å². The largest absolute Gasteiger partial charge is 0.385 e. The number of piperidine rings is 1. The van der Waals surface area contributed by atoms with Crippen molar-refractivity contribution in [2.75, 3.05) is 13.1 Å². The zero-order chi connectivity index (χ0) is 17.8. The molecule has 6 nitrogen and oxygen atoms in total. The maximum absolute atomic E-state index is 12.6. The molecular weight excluding hydrogens is 316 g/mol. The first-order valence-corrected chi connectivity index (χ1v) is 8.82. The van der Waals surface area contributed by atoms with Gasteiger partial charge in [-0.1, -0.05) is 30.3 Å². The number of rotatable bonds is 4. The van der Waals surface area contributed by atoms with E-state index >= 15 is 0 Å². The highest BCUT2D eigenvalue weighted by Crippen LogP contribution is 2.29. The smallest absolute Gasteiger partial charge is 0.317 e. The van der Waals surface area contributed by atoms with E-state index in [0.717, 1.165) is 24.9 Å². The second-order valence-corrected chi connectivity index (χ2v) is 6.77. The fourth-order valence-electron chi connectivity index (χ4n) is 3.43. The van der Waals surface area contributed by atoms with Crippen LogP contribution in [0.3, 0.4) is 0 Å². The Morgan fingerprint density at radius 1 is 1.36 bits per heavy atom. The van der Waals surface area contributed by atoms with Gasteiger partial charge in [-0.25, -0.2) is 9.78 Å². The molecule has 1 aliphatic rings. The van der Waals surface area contributed by atoms with Gasteiger partial charge in [0.25, 0.3) is 0 Å². The Bertz CT molecular complexity index is 700. The Morgan fingerprint density at radius 2 is 2.12 bits per heavy atom. The molecule has 2 N–H and O–H groups in total. The zero-order valence-corrected chi connectivity index (χ0v) is 14.8. The first-order chi connectivity index (χ1) is 12.1. The van der Waals surface area contributed by atoms with E-state index in [-0.39, 0.29) is 18.0 Å². The quantitative estimate of drug-likeness (QED) is 0.897. The molecule has 1 saturated heterocycles. The van der Waals surface area contributed by atoms with E-state index in [1.165, 1.54) is 0 Å². The standard InChI is InChI=1S/C19H26N4O2/c1-14(15-7-4-3-5-8-15)21-19(25)23-11-6-9-16(13-23)17(24)18-20-10-12-22(18)2/h3-5,7-8,10,12,14,16-17,24H,6,9,11,13H2,1-2H3,(H,21,25). The molecule has 25 heavy (non-hydrogen) atoms. The molecule has 1 fully saturated rings. The number of nitrogens with zero attached hydrogens (tertiary/aromatic N) is 3. The van der Waals surface area contributed by atoms with Crippen LogP contribution in [0.2, 0.25) is 0 Å². The van der Waals surface area contributed by atoms with Crippen molar-refractivity contribution in [3.05, 3.63) is 54.1 Å². The number of nitrogens with one attached hydrogen (secondary N) is 1. The van der Waals surface area contributed by atoms with Gasteiger partial charge in [0.05, 0.1) is 6.04 Å². The number of imidazole rings is 1. The number of amides is 2. The van der Waals surface area contributed by atoms with E-state index in [0.29, 0.717) is 12.4 Å². The maximum atomic E-state index is 12.6. The first-order valence-electron chi connectivity index (χ1n) is 8.82. The van der Waals surface area contributed by atoms with Crippen molar-refractivity contribution in [3.8, 4) is 0 Å². The average molecular weight is 342 g/mol. The highest BCUT2D eigenvalue weighted by Gasteiger charge is 2.31. The summed E-state index contributed by atoms with van der Waals surface area (Å²) in [5, 5.41) is 13.7. The third-order valence-corrected chi connectivity index (χ3v) is 4.95. The van der Waals surface area contributed by atoms with Crippen LogP contribution in [0.5, 0.6) is 0 Å². The molecule has 1 aliphatic heterocycles. The zero-order valence-electron chi connectivity index (χ0n) is 14.8. The average Bonchev–Trinajstić information content (AvgIpc) is 3.07. The lowest BCUT2D eigenvalue weighted by Crippen LogP contribution is -2.47. The molecule has 3 atom stereocenters. The molecule has 0 bridgehead atoms. The Morgan fingerprint density at radius 3 is 2.80 bits per heavy atom. The van der Waals surface area contributed by atoms with Crippen LogP contribution < -0.4 is 5.32 Å². The predicted octanol–water partition coefficient (Wildman–Crippen LogP) is 2.64. The first kappa shape index (κ1) is 17.5. The molecule has 3 unspecified atom stereocenters. The summed E-state index contributed by atoms with van der Waals surface area (Å²) < 4.78 is 1.83. The number of hydrogen-bond acceptors (Lipinski definition) is 3. The van der Waals surface area contributed by atoms with Gasteiger partial charge in [0.2, 0.25) is 0 Å². The molecular formula is C19H26N4O2. The highest BCUT2D eigenvalue weighted by molar-refractivity contribution is 5.74. The predicted molar refractivity (Wildman–Crippen MR) is 95.9 cm³/mol. The van der Waals surface area contributed by atoms with E-state index in [4.69, 9.17) is 0 Å². The molecule has 2 aromatic rings. The van der Waals surface area contributed by atoms with Gasteiger partial charge < -0.3 is 19.9 Å². The van der Waals surface area contributed by atoms with Gasteiger partial charge in [-0.05, 0) is 25.3 Å². The van der Waals surface area contributed by atoms with Crippen LogP contribution in [-0.2, 0) is 7.05 Å². The van der Waals surface area contributed by atoms with E-state index in [2.05, 4.69) is 10.3 Å². The summed E-state index contributed by atoms with van der Waals surface area (Å²) in [5.74, 6) is 0.664. The summed E-state index contributed by atoms with van der Waals surface area (Å²) in [4.78, 5) is 18.7. The van der Waals surface area contributed by atoms with Crippen LogP contribution in [0, 0.1) is 5.92 Å². The third kappa shape index (κ3) is 4.02. The van der Waals surface area contributed by atoms with Gasteiger partial charge in [-0.15, -0.1) is 0 Å². The Labute approximate surface area is 148 Å². The molecule has 2 heterocycles. The normalized spacial score (nSPS) is 20.1. The van der Waals surface area contributed by atoms with Crippen molar-refractivity contribution in [1.82, 2.24) is 19.8 Å². The molecule has 0 radical (unpaired) electrons. The second-order valence-electron chi connectivity index (χ2n) is 6.77. The third-order valence-electron chi connectivity index (χ3n) is 4.95. The summed E-state index contributed by atoms with van der Waals surface area (Å²) >= 11 is 0. The van der Waals surface area contributed by atoms with Crippen molar-refractivity contribution in [1.29, 1.82) is 0 Å². The number of carbonyl (C=O) groups excluding carboxylic acids is 1. The monoisotopic (exact) mass is 342 g/mol. The molecule has 1 aromatic heterocycles. The number of benzene rings is 1. The van der Waals surface area contributed by atoms with Gasteiger partial charge in [-0.2, -0.15) is 0 Å². The van der Waals surface area contributed by atoms with E-state index < -0.39 is 6.10 Å². The summed E-state index contributed by atoms with van der Waals surface area (Å²) in [6.07, 6.45) is 4.65. The summed E-state index contributed by atoms with van der Waals surface area (Å²) in [6, 6.07) is 9.80. The molecule has 134 valence electrons. The summed E-state index contributed by atoms with van der Waals surface area (Å²) in [5.41, 5.74) is 1.08. The van der Waals surface area contributed by atoms with Crippen LogP contribution in [-0.4, -0.2) is 38.7 Å². The lowest BCUT2D eigenvalue weighted by Gasteiger charge is -2.35. The Balaban J connectivity index is 1.61. The van der Waals surface area contributed by atoms with Gasteiger partial charge in [0.1, 0.15) is 11.9 Å². The second kappa shape index (κ2) is 7.70. The highest BCUT2D eigenvalue weighted by atomic mass is 16.3. The molecule has 0 saturated carbocycles. The van der Waals surface area contributed by atoms with Gasteiger partial charge in [0.15, 0.2) is 0 Å². The minimum absolute atomic E-state index is 0.00707. The maximum Gasteiger partial charge on any atom is 0.317 e. The van der Waals surface area contributed by atoms with Crippen molar-refractivity contribution in [3.63, 3.8) is 0 Å². The fourth-order valence-corrected chi connectivity index (χ4v) is 3.43. The summed E-state index contributed by atoms with van der Waals surface area (Å²) in [7, 11) is 1.88. The van der Waals surface area contributed by atoms with Crippen molar-refractivity contribution < 1.29 is 9.90 Å². The lowest BCUT2D eigenvalue weighted by atomic mass is 9.92. The molecule has 2 amide bonds. The van der Waals surface area contributed by atoms with Crippen LogP contribution in [0.4, 0.5) is 4.79 Å². The molecule has 1 aromatic carbocycles. The van der Waals surface area contributed by atoms with E-state index in [1.54, 1.807) is 11.1 Å². The van der Waals surface area contributed by atoms with E-state index in [1.807, 2.05) is 55.1 Å². The number of aryl methyl sites for hydroxylation is 1. The number of aliphatic hydroxyl groups excluding tert-OH is 1. The molecule has 3 rings (SSSR count). The minimum atomic E-state index is -0.651. The van der Waals surface area contributed by atoms with Gasteiger partial charge >= 0.3 is 6.03 Å². The Kier molecular flexibility index (Phi) is 5.38. The minimum Gasteiger partial charge on any atom is -0.385 e. The topological polar surface area (TPSA) is 70.4 Å². The summed E-state index contributed by atoms with van der Waals surface area (Å²) in [6.45, 7) is 3.25. The number of likely N-dealkylation sites (tertiary alicyclic amines) is 1. The Hall–Kier alpha value is -2.34. The molecule has 0 spiro atoms. The van der Waals surface area contributed by atoms with Crippen LogP contribution in [0.15, 0.2) is 42.7 Å². The van der Waals surface area contributed by atoms with Crippen molar-refractivity contribution in [2.45, 2.75) is 31.9 Å². The number of aliphatic hydroxyl groups is 1.